The predicted molar refractivity (Wildman–Crippen MR) is 63.4 cm³/mol. The number of aryl methyl sites for hydroxylation is 2. The molecule has 0 amide bonds. The maximum absolute atomic E-state index is 9.42. The minimum atomic E-state index is -0.113. The van der Waals surface area contributed by atoms with Crippen LogP contribution in [0.2, 0.25) is 0 Å². The van der Waals surface area contributed by atoms with Crippen molar-refractivity contribution in [1.29, 1.82) is 0 Å². The molecule has 16 heavy (non-hydrogen) atoms. The van der Waals surface area contributed by atoms with Crippen LogP contribution in [0.15, 0.2) is 6.07 Å². The fourth-order valence-electron chi connectivity index (χ4n) is 2.19. The molecule has 0 bridgehead atoms. The zero-order chi connectivity index (χ0) is 11.5. The molecule has 1 aliphatic rings. The smallest absolute Gasteiger partial charge is 0.223 e. The Kier molecular flexibility index (Phi) is 3.39. The van der Waals surface area contributed by atoms with Crippen LogP contribution >= 0.6 is 0 Å². The van der Waals surface area contributed by atoms with Crippen LogP contribution in [-0.2, 0) is 0 Å². The maximum Gasteiger partial charge on any atom is 0.223 e. The molecular formula is C12H19N3O. The van der Waals surface area contributed by atoms with Gasteiger partial charge < -0.3 is 10.4 Å². The molecule has 0 aliphatic heterocycles. The molecule has 1 aromatic rings. The first kappa shape index (κ1) is 11.3. The summed E-state index contributed by atoms with van der Waals surface area (Å²) >= 11 is 0. The maximum atomic E-state index is 9.42. The van der Waals surface area contributed by atoms with Gasteiger partial charge in [0.2, 0.25) is 5.95 Å². The monoisotopic (exact) mass is 221 g/mol. The van der Waals surface area contributed by atoms with Gasteiger partial charge in [0.15, 0.2) is 0 Å². The molecule has 0 unspecified atom stereocenters. The Hall–Kier alpha value is -1.16. The summed E-state index contributed by atoms with van der Waals surface area (Å²) in [6.07, 6.45) is 3.64. The zero-order valence-corrected chi connectivity index (χ0v) is 9.90. The van der Waals surface area contributed by atoms with Gasteiger partial charge in [-0.1, -0.05) is 0 Å². The number of hydrogen-bond donors (Lipinski definition) is 2. The second-order valence-electron chi connectivity index (χ2n) is 4.62. The van der Waals surface area contributed by atoms with E-state index in [0.717, 1.165) is 43.0 Å². The second kappa shape index (κ2) is 4.78. The minimum Gasteiger partial charge on any atom is -0.393 e. The van der Waals surface area contributed by atoms with Gasteiger partial charge in [0, 0.05) is 17.4 Å². The summed E-state index contributed by atoms with van der Waals surface area (Å²) in [4.78, 5) is 8.72. The van der Waals surface area contributed by atoms with Crippen LogP contribution in [0.25, 0.3) is 0 Å². The topological polar surface area (TPSA) is 58.0 Å². The van der Waals surface area contributed by atoms with E-state index in [2.05, 4.69) is 15.3 Å². The first-order valence-electron chi connectivity index (χ1n) is 5.90. The molecule has 2 N–H and O–H groups in total. The van der Waals surface area contributed by atoms with E-state index in [-0.39, 0.29) is 6.10 Å². The summed E-state index contributed by atoms with van der Waals surface area (Å²) in [5, 5.41) is 12.8. The molecule has 4 nitrogen and oxygen atoms in total. The van der Waals surface area contributed by atoms with Crippen molar-refractivity contribution in [1.82, 2.24) is 9.97 Å². The van der Waals surface area contributed by atoms with Gasteiger partial charge in [0.25, 0.3) is 0 Å². The third-order valence-corrected chi connectivity index (χ3v) is 3.01. The summed E-state index contributed by atoms with van der Waals surface area (Å²) in [6.45, 7) is 3.95. The van der Waals surface area contributed by atoms with Crippen LogP contribution < -0.4 is 5.32 Å². The molecule has 0 atom stereocenters. The summed E-state index contributed by atoms with van der Waals surface area (Å²) in [7, 11) is 0. The number of aromatic nitrogens is 2. The predicted octanol–water partition coefficient (Wildman–Crippen LogP) is 1.81. The number of aliphatic hydroxyl groups is 1. The highest BCUT2D eigenvalue weighted by molar-refractivity contribution is 5.29. The molecule has 1 aromatic heterocycles. The molecule has 4 heteroatoms. The Balaban J connectivity index is 1.98. The average Bonchev–Trinajstić information content (AvgIpc) is 2.20. The lowest BCUT2D eigenvalue weighted by Crippen LogP contribution is -2.29. The van der Waals surface area contributed by atoms with Crippen molar-refractivity contribution in [2.75, 3.05) is 5.32 Å². The Bertz CT molecular complexity index is 339. The van der Waals surface area contributed by atoms with Crippen molar-refractivity contribution in [2.45, 2.75) is 51.7 Å². The van der Waals surface area contributed by atoms with Crippen LogP contribution in [0, 0.1) is 13.8 Å². The molecule has 0 aromatic carbocycles. The molecule has 0 spiro atoms. The third-order valence-electron chi connectivity index (χ3n) is 3.01. The van der Waals surface area contributed by atoms with E-state index in [1.54, 1.807) is 0 Å². The van der Waals surface area contributed by atoms with Gasteiger partial charge in [0.1, 0.15) is 0 Å². The Morgan fingerprint density at radius 1 is 1.12 bits per heavy atom. The van der Waals surface area contributed by atoms with Gasteiger partial charge in [-0.3, -0.25) is 0 Å². The van der Waals surface area contributed by atoms with Crippen LogP contribution in [0.1, 0.15) is 37.1 Å². The highest BCUT2D eigenvalue weighted by Crippen LogP contribution is 2.20. The molecular weight excluding hydrogens is 202 g/mol. The fourth-order valence-corrected chi connectivity index (χ4v) is 2.19. The molecule has 2 rings (SSSR count). The van der Waals surface area contributed by atoms with Gasteiger partial charge in [-0.25, -0.2) is 9.97 Å². The summed E-state index contributed by atoms with van der Waals surface area (Å²) in [5.74, 6) is 0.721. The zero-order valence-electron chi connectivity index (χ0n) is 9.90. The van der Waals surface area contributed by atoms with E-state index < -0.39 is 0 Å². The lowest BCUT2D eigenvalue weighted by Gasteiger charge is -2.26. The minimum absolute atomic E-state index is 0.113. The Labute approximate surface area is 96.1 Å². The standard InChI is InChI=1S/C12H19N3O/c1-8-7-9(2)14-12(13-8)15-10-3-5-11(16)6-4-10/h7,10-11,16H,3-6H2,1-2H3,(H,13,14,15). The highest BCUT2D eigenvalue weighted by Gasteiger charge is 2.19. The van der Waals surface area contributed by atoms with Gasteiger partial charge in [-0.05, 0) is 45.6 Å². The number of anilines is 1. The summed E-state index contributed by atoms with van der Waals surface area (Å²) in [5.41, 5.74) is 1.98. The number of nitrogens with one attached hydrogen (secondary N) is 1. The van der Waals surface area contributed by atoms with E-state index in [0.29, 0.717) is 6.04 Å². The Morgan fingerprint density at radius 2 is 1.69 bits per heavy atom. The number of nitrogens with zero attached hydrogens (tertiary/aromatic N) is 2. The van der Waals surface area contributed by atoms with Crippen LogP contribution in [0.3, 0.4) is 0 Å². The van der Waals surface area contributed by atoms with Crippen molar-refractivity contribution >= 4 is 5.95 Å². The molecule has 0 saturated heterocycles. The number of aliphatic hydroxyl groups excluding tert-OH is 1. The number of rotatable bonds is 2. The first-order chi connectivity index (χ1) is 7.63. The van der Waals surface area contributed by atoms with Crippen molar-refractivity contribution in [2.24, 2.45) is 0 Å². The normalized spacial score (nSPS) is 25.4. The Morgan fingerprint density at radius 3 is 2.25 bits per heavy atom. The van der Waals surface area contributed by atoms with Crippen molar-refractivity contribution < 1.29 is 5.11 Å². The van der Waals surface area contributed by atoms with E-state index in [4.69, 9.17) is 0 Å². The van der Waals surface area contributed by atoms with Crippen LogP contribution in [0.5, 0.6) is 0 Å². The van der Waals surface area contributed by atoms with Gasteiger partial charge in [0.05, 0.1) is 6.10 Å². The molecule has 1 saturated carbocycles. The molecule has 1 aliphatic carbocycles. The van der Waals surface area contributed by atoms with E-state index in [1.807, 2.05) is 19.9 Å². The SMILES string of the molecule is Cc1cc(C)nc(NC2CCC(O)CC2)n1. The lowest BCUT2D eigenvalue weighted by atomic mass is 9.93. The molecule has 1 fully saturated rings. The van der Waals surface area contributed by atoms with Gasteiger partial charge >= 0.3 is 0 Å². The summed E-state index contributed by atoms with van der Waals surface area (Å²) in [6, 6.07) is 2.38. The first-order valence-corrected chi connectivity index (χ1v) is 5.90. The van der Waals surface area contributed by atoms with Crippen molar-refractivity contribution in [3.63, 3.8) is 0 Å². The van der Waals surface area contributed by atoms with Crippen LogP contribution in [-0.4, -0.2) is 27.2 Å². The largest absolute Gasteiger partial charge is 0.393 e. The lowest BCUT2D eigenvalue weighted by molar-refractivity contribution is 0.126. The van der Waals surface area contributed by atoms with Gasteiger partial charge in [-0.15, -0.1) is 0 Å². The molecule has 0 radical (unpaired) electrons. The molecule has 88 valence electrons. The quantitative estimate of drug-likeness (QED) is 0.799. The van der Waals surface area contributed by atoms with Crippen LogP contribution in [0.4, 0.5) is 5.95 Å². The molecule has 1 heterocycles. The van der Waals surface area contributed by atoms with Gasteiger partial charge in [-0.2, -0.15) is 0 Å². The summed E-state index contributed by atoms with van der Waals surface area (Å²) < 4.78 is 0. The van der Waals surface area contributed by atoms with E-state index in [1.165, 1.54) is 0 Å². The third kappa shape index (κ3) is 2.92. The second-order valence-corrected chi connectivity index (χ2v) is 4.62. The highest BCUT2D eigenvalue weighted by atomic mass is 16.3. The van der Waals surface area contributed by atoms with E-state index in [9.17, 15) is 5.11 Å². The van der Waals surface area contributed by atoms with Crippen molar-refractivity contribution in [3.8, 4) is 0 Å². The average molecular weight is 221 g/mol. The van der Waals surface area contributed by atoms with E-state index >= 15 is 0 Å². The number of hydrogen-bond acceptors (Lipinski definition) is 4. The van der Waals surface area contributed by atoms with Crippen molar-refractivity contribution in [3.05, 3.63) is 17.5 Å². The fraction of sp³-hybridized carbons (Fsp3) is 0.667.